The van der Waals surface area contributed by atoms with Crippen molar-refractivity contribution in [2.24, 2.45) is 16.8 Å². The number of Topliss-reactive ketones (excluding diaryl/α,β-unsaturated/α-hetero) is 1. The van der Waals surface area contributed by atoms with Gasteiger partial charge in [-0.15, -0.1) is 0 Å². The number of nitrogens with two attached hydrogens (primary N) is 2. The minimum absolute atomic E-state index is 0.0234. The molecule has 2 rings (SSSR count). The van der Waals surface area contributed by atoms with Crippen LogP contribution in [0.1, 0.15) is 20.8 Å². The third-order valence-electron chi connectivity index (χ3n) is 2.89. The molecule has 0 saturated carbocycles. The van der Waals surface area contributed by atoms with Gasteiger partial charge in [0.15, 0.2) is 5.78 Å². The van der Waals surface area contributed by atoms with Crippen molar-refractivity contribution in [1.82, 2.24) is 9.97 Å². The van der Waals surface area contributed by atoms with Crippen molar-refractivity contribution in [3.63, 3.8) is 0 Å². The SMILES string of the molecule is N/N=C(/SCC(=O)c1cnccn1)N(N)c1ccc(C(=O)O)cc1. The van der Waals surface area contributed by atoms with Crippen LogP contribution in [0.15, 0.2) is 48.0 Å². The molecule has 0 aliphatic heterocycles. The summed E-state index contributed by atoms with van der Waals surface area (Å²) in [5.74, 6) is 9.98. The van der Waals surface area contributed by atoms with Gasteiger partial charge in [0.1, 0.15) is 5.69 Å². The van der Waals surface area contributed by atoms with Gasteiger partial charge >= 0.3 is 5.97 Å². The Morgan fingerprint density at radius 3 is 2.50 bits per heavy atom. The van der Waals surface area contributed by atoms with Gasteiger partial charge in [-0.25, -0.2) is 15.6 Å². The predicted molar refractivity (Wildman–Crippen MR) is 90.5 cm³/mol. The van der Waals surface area contributed by atoms with E-state index in [9.17, 15) is 9.59 Å². The van der Waals surface area contributed by atoms with Gasteiger partial charge in [0.2, 0.25) is 5.17 Å². The van der Waals surface area contributed by atoms with E-state index in [0.29, 0.717) is 5.69 Å². The number of hydrazone groups is 1. The molecule has 0 aliphatic rings. The maximum atomic E-state index is 12.0. The average molecular weight is 346 g/mol. The fourth-order valence-corrected chi connectivity index (χ4v) is 2.42. The number of hydrazine groups is 1. The van der Waals surface area contributed by atoms with Crippen molar-refractivity contribution in [3.8, 4) is 0 Å². The molecule has 1 heterocycles. The second-order valence-electron chi connectivity index (χ2n) is 4.44. The van der Waals surface area contributed by atoms with Crippen LogP contribution in [-0.2, 0) is 0 Å². The molecule has 0 atom stereocenters. The number of carboxylic acid groups (broad SMARTS) is 1. The number of aromatic nitrogens is 2. The van der Waals surface area contributed by atoms with Gasteiger partial charge in [0, 0.05) is 12.4 Å². The Bertz CT molecular complexity index is 751. The molecule has 0 unspecified atom stereocenters. The van der Waals surface area contributed by atoms with Gasteiger partial charge in [-0.05, 0) is 24.3 Å². The summed E-state index contributed by atoms with van der Waals surface area (Å²) in [4.78, 5) is 30.6. The van der Waals surface area contributed by atoms with Crippen LogP contribution in [0.3, 0.4) is 0 Å². The van der Waals surface area contributed by atoms with Crippen molar-refractivity contribution in [2.45, 2.75) is 0 Å². The second kappa shape index (κ2) is 8.04. The minimum Gasteiger partial charge on any atom is -0.478 e. The summed E-state index contributed by atoms with van der Waals surface area (Å²) < 4.78 is 0. The highest BCUT2D eigenvalue weighted by Gasteiger charge is 2.15. The van der Waals surface area contributed by atoms with E-state index in [-0.39, 0.29) is 28.0 Å². The van der Waals surface area contributed by atoms with E-state index in [1.165, 1.54) is 47.9 Å². The lowest BCUT2D eigenvalue weighted by Gasteiger charge is -2.19. The van der Waals surface area contributed by atoms with Crippen LogP contribution in [0.4, 0.5) is 5.69 Å². The van der Waals surface area contributed by atoms with Crippen molar-refractivity contribution >= 4 is 34.4 Å². The van der Waals surface area contributed by atoms with Gasteiger partial charge in [0.25, 0.3) is 0 Å². The van der Waals surface area contributed by atoms with Crippen LogP contribution < -0.4 is 16.7 Å². The van der Waals surface area contributed by atoms with Gasteiger partial charge in [0.05, 0.1) is 23.2 Å². The average Bonchev–Trinajstić information content (AvgIpc) is 2.62. The van der Waals surface area contributed by atoms with Gasteiger partial charge < -0.3 is 10.9 Å². The number of hydrogen-bond donors (Lipinski definition) is 3. The molecule has 1 aromatic heterocycles. The van der Waals surface area contributed by atoms with E-state index in [1.807, 2.05) is 0 Å². The summed E-state index contributed by atoms with van der Waals surface area (Å²) >= 11 is 1.03. The highest BCUT2D eigenvalue weighted by atomic mass is 32.2. The first-order valence-corrected chi connectivity index (χ1v) is 7.59. The number of benzene rings is 1. The molecule has 0 aliphatic carbocycles. The highest BCUT2D eigenvalue weighted by Crippen LogP contribution is 2.18. The lowest BCUT2D eigenvalue weighted by atomic mass is 10.2. The van der Waals surface area contributed by atoms with E-state index in [4.69, 9.17) is 16.8 Å². The number of anilines is 1. The summed E-state index contributed by atoms with van der Waals surface area (Å²) in [6.45, 7) is 0. The zero-order valence-corrected chi connectivity index (χ0v) is 13.2. The van der Waals surface area contributed by atoms with Crippen LogP contribution in [0.2, 0.25) is 0 Å². The second-order valence-corrected chi connectivity index (χ2v) is 5.38. The smallest absolute Gasteiger partial charge is 0.335 e. The number of carbonyl (C=O) groups is 2. The number of rotatable bonds is 5. The van der Waals surface area contributed by atoms with E-state index in [2.05, 4.69) is 15.1 Å². The number of hydrogen-bond acceptors (Lipinski definition) is 8. The Labute approximate surface area is 141 Å². The first kappa shape index (κ1) is 17.4. The molecule has 0 saturated heterocycles. The minimum atomic E-state index is -1.04. The van der Waals surface area contributed by atoms with E-state index in [1.54, 1.807) is 0 Å². The third-order valence-corrected chi connectivity index (χ3v) is 3.86. The molecule has 24 heavy (non-hydrogen) atoms. The molecular weight excluding hydrogens is 332 g/mol. The van der Waals surface area contributed by atoms with E-state index >= 15 is 0 Å². The molecule has 124 valence electrons. The lowest BCUT2D eigenvalue weighted by Crippen LogP contribution is -2.37. The molecule has 0 fully saturated rings. The predicted octanol–water partition coefficient (Wildman–Crippen LogP) is 0.701. The summed E-state index contributed by atoms with van der Waals surface area (Å²) in [6.07, 6.45) is 4.27. The number of carbonyl (C=O) groups excluding carboxylic acids is 1. The first-order valence-electron chi connectivity index (χ1n) is 6.61. The van der Waals surface area contributed by atoms with Crippen LogP contribution in [0, 0.1) is 0 Å². The van der Waals surface area contributed by atoms with Crippen LogP contribution in [0.25, 0.3) is 0 Å². The number of carboxylic acids is 1. The zero-order chi connectivity index (χ0) is 17.5. The molecule has 2 aromatic rings. The Morgan fingerprint density at radius 2 is 1.96 bits per heavy atom. The molecule has 5 N–H and O–H groups in total. The molecule has 1 aromatic carbocycles. The van der Waals surface area contributed by atoms with Gasteiger partial charge in [-0.2, -0.15) is 5.10 Å². The molecule has 0 amide bonds. The molecule has 9 nitrogen and oxygen atoms in total. The fourth-order valence-electron chi connectivity index (χ4n) is 1.69. The Kier molecular flexibility index (Phi) is 5.82. The van der Waals surface area contributed by atoms with Crippen molar-refractivity contribution in [1.29, 1.82) is 0 Å². The summed E-state index contributed by atoms with van der Waals surface area (Å²) in [5.41, 5.74) is 0.836. The Hall–Kier alpha value is -2.98. The number of amidine groups is 1. The number of thioether (sulfide) groups is 1. The molecule has 0 radical (unpaired) electrons. The number of aromatic carboxylic acids is 1. The van der Waals surface area contributed by atoms with Crippen molar-refractivity contribution in [3.05, 3.63) is 54.1 Å². The molecule has 0 spiro atoms. The summed E-state index contributed by atoms with van der Waals surface area (Å²) in [5, 5.41) is 13.8. The van der Waals surface area contributed by atoms with Crippen LogP contribution in [-0.4, -0.2) is 37.7 Å². The topological polar surface area (TPSA) is 148 Å². The van der Waals surface area contributed by atoms with Crippen molar-refractivity contribution < 1.29 is 14.7 Å². The van der Waals surface area contributed by atoms with E-state index < -0.39 is 5.97 Å². The highest BCUT2D eigenvalue weighted by molar-refractivity contribution is 8.14. The third kappa shape index (κ3) is 4.27. The Balaban J connectivity index is 2.03. The monoisotopic (exact) mass is 346 g/mol. The zero-order valence-electron chi connectivity index (χ0n) is 12.4. The standard InChI is InChI=1S/C14H14N6O3S/c15-19-14(24-8-12(21)11-7-17-5-6-18-11)20(16)10-3-1-9(2-4-10)13(22)23/h1-7H,8,15-16H2,(H,22,23)/b19-14+. The normalized spacial score (nSPS) is 11.1. The number of ketones is 1. The molecule has 10 heteroatoms. The van der Waals surface area contributed by atoms with Gasteiger partial charge in [-0.3, -0.25) is 14.8 Å². The first-order chi connectivity index (χ1) is 11.5. The summed E-state index contributed by atoms with van der Waals surface area (Å²) in [6, 6.07) is 5.83. The fraction of sp³-hybridized carbons (Fsp3) is 0.0714. The Morgan fingerprint density at radius 1 is 1.25 bits per heavy atom. The quantitative estimate of drug-likeness (QED) is 0.234. The van der Waals surface area contributed by atoms with Crippen LogP contribution in [0.5, 0.6) is 0 Å². The van der Waals surface area contributed by atoms with Gasteiger partial charge in [-0.1, -0.05) is 11.8 Å². The lowest BCUT2D eigenvalue weighted by molar-refractivity contribution is 0.0696. The summed E-state index contributed by atoms with van der Waals surface area (Å²) in [7, 11) is 0. The van der Waals surface area contributed by atoms with Crippen molar-refractivity contribution in [2.75, 3.05) is 10.8 Å². The van der Waals surface area contributed by atoms with E-state index in [0.717, 1.165) is 11.8 Å². The maximum absolute atomic E-state index is 12.0. The maximum Gasteiger partial charge on any atom is 0.335 e. The molecular formula is C14H14N6O3S. The molecule has 0 bridgehead atoms. The number of nitrogens with zero attached hydrogens (tertiary/aromatic N) is 4. The largest absolute Gasteiger partial charge is 0.478 e. The van der Waals surface area contributed by atoms with Crippen LogP contribution >= 0.6 is 11.8 Å².